The van der Waals surface area contributed by atoms with E-state index in [1.807, 2.05) is 32.9 Å². The molecule has 0 saturated carbocycles. The third-order valence-corrected chi connectivity index (χ3v) is 4.51. The van der Waals surface area contributed by atoms with Crippen LogP contribution in [0.3, 0.4) is 0 Å². The number of amides is 1. The molecule has 2 rings (SSSR count). The largest absolute Gasteiger partial charge is 0.322 e. The Bertz CT molecular complexity index is 964. The standard InChI is InChI=1S/C23H29N3O5/c1-22(2,3)13-15-7-9-17(10-8-15)24-21(27)16-11-19(25(28)29)18(14-23(4,5)6)20(12-16)26(30)31/h7-12H,13-14H2,1-6H3,(H,24,27). The summed E-state index contributed by atoms with van der Waals surface area (Å²) in [7, 11) is 0. The lowest BCUT2D eigenvalue weighted by atomic mass is 9.86. The van der Waals surface area contributed by atoms with Gasteiger partial charge in [0.1, 0.15) is 5.56 Å². The molecule has 8 heteroatoms. The fourth-order valence-corrected chi connectivity index (χ4v) is 3.33. The van der Waals surface area contributed by atoms with Crippen LogP contribution in [-0.2, 0) is 12.8 Å². The summed E-state index contributed by atoms with van der Waals surface area (Å²) in [6.45, 7) is 11.9. The molecule has 8 nitrogen and oxygen atoms in total. The Hall–Kier alpha value is -3.29. The predicted molar refractivity (Wildman–Crippen MR) is 120 cm³/mol. The number of carbonyl (C=O) groups is 1. The molecule has 2 aromatic rings. The molecule has 0 aliphatic heterocycles. The average molecular weight is 428 g/mol. The van der Waals surface area contributed by atoms with E-state index in [4.69, 9.17) is 0 Å². The molecular weight excluding hydrogens is 398 g/mol. The van der Waals surface area contributed by atoms with Crippen LogP contribution in [-0.4, -0.2) is 15.8 Å². The highest BCUT2D eigenvalue weighted by molar-refractivity contribution is 6.05. The molecule has 0 aromatic heterocycles. The number of nitrogens with zero attached hydrogens (tertiary/aromatic N) is 2. The fraction of sp³-hybridized carbons (Fsp3) is 0.435. The molecule has 0 aliphatic rings. The molecule has 0 unspecified atom stereocenters. The minimum atomic E-state index is -0.674. The van der Waals surface area contributed by atoms with Crippen LogP contribution in [0.4, 0.5) is 17.1 Å². The second kappa shape index (κ2) is 8.83. The topological polar surface area (TPSA) is 115 Å². The summed E-state index contributed by atoms with van der Waals surface area (Å²) in [5.74, 6) is -0.642. The lowest BCUT2D eigenvalue weighted by Crippen LogP contribution is -2.16. The van der Waals surface area contributed by atoms with Gasteiger partial charge >= 0.3 is 0 Å². The number of hydrogen-bond acceptors (Lipinski definition) is 5. The van der Waals surface area contributed by atoms with Gasteiger partial charge < -0.3 is 5.32 Å². The molecule has 0 radical (unpaired) electrons. The van der Waals surface area contributed by atoms with E-state index in [1.54, 1.807) is 12.1 Å². The van der Waals surface area contributed by atoms with Crippen molar-refractivity contribution in [1.82, 2.24) is 0 Å². The summed E-state index contributed by atoms with van der Waals surface area (Å²) in [5.41, 5.74) is 0.381. The molecule has 1 amide bonds. The molecule has 1 N–H and O–H groups in total. The lowest BCUT2D eigenvalue weighted by Gasteiger charge is -2.18. The van der Waals surface area contributed by atoms with Crippen LogP contribution in [0.15, 0.2) is 36.4 Å². The van der Waals surface area contributed by atoms with Gasteiger partial charge in [-0.1, -0.05) is 53.7 Å². The van der Waals surface area contributed by atoms with E-state index in [-0.39, 0.29) is 23.0 Å². The molecule has 0 bridgehead atoms. The van der Waals surface area contributed by atoms with Gasteiger partial charge in [0, 0.05) is 17.8 Å². The number of rotatable bonds is 6. The van der Waals surface area contributed by atoms with Crippen LogP contribution < -0.4 is 5.32 Å². The summed E-state index contributed by atoms with van der Waals surface area (Å²) in [5, 5.41) is 25.9. The zero-order chi connectivity index (χ0) is 23.6. The molecular formula is C23H29N3O5. The van der Waals surface area contributed by atoms with Crippen molar-refractivity contribution >= 4 is 23.0 Å². The van der Waals surface area contributed by atoms with Crippen molar-refractivity contribution in [2.45, 2.75) is 54.4 Å². The van der Waals surface area contributed by atoms with Crippen molar-refractivity contribution in [2.24, 2.45) is 10.8 Å². The van der Waals surface area contributed by atoms with Crippen molar-refractivity contribution in [1.29, 1.82) is 0 Å². The number of carbonyl (C=O) groups excluding carboxylic acids is 1. The molecule has 0 heterocycles. The Labute approximate surface area is 182 Å². The highest BCUT2D eigenvalue weighted by Crippen LogP contribution is 2.35. The molecule has 31 heavy (non-hydrogen) atoms. The maximum atomic E-state index is 12.7. The van der Waals surface area contributed by atoms with Gasteiger partial charge in [-0.05, 0) is 41.4 Å². The Balaban J connectivity index is 2.38. The van der Waals surface area contributed by atoms with E-state index in [2.05, 4.69) is 26.1 Å². The number of nitro benzene ring substituents is 2. The first-order valence-electron chi connectivity index (χ1n) is 10.0. The average Bonchev–Trinajstić information content (AvgIpc) is 2.60. The van der Waals surface area contributed by atoms with Crippen LogP contribution >= 0.6 is 0 Å². The van der Waals surface area contributed by atoms with Crippen LogP contribution in [0, 0.1) is 31.1 Å². The van der Waals surface area contributed by atoms with Crippen molar-refractivity contribution in [3.8, 4) is 0 Å². The Morgan fingerprint density at radius 3 is 1.68 bits per heavy atom. The smallest absolute Gasteiger partial charge is 0.280 e. The van der Waals surface area contributed by atoms with E-state index in [9.17, 15) is 25.0 Å². The van der Waals surface area contributed by atoms with Gasteiger partial charge in [-0.15, -0.1) is 0 Å². The SMILES string of the molecule is CC(C)(C)Cc1ccc(NC(=O)c2cc([N+](=O)[O-])c(CC(C)(C)C)c([N+](=O)[O-])c2)cc1. The number of nitrogens with one attached hydrogen (secondary N) is 1. The van der Waals surface area contributed by atoms with E-state index < -0.39 is 32.5 Å². The predicted octanol–water partition coefficient (Wildman–Crippen LogP) is 5.93. The molecule has 0 atom stereocenters. The quantitative estimate of drug-likeness (QED) is 0.453. The van der Waals surface area contributed by atoms with Gasteiger partial charge in [-0.3, -0.25) is 25.0 Å². The summed E-state index contributed by atoms with van der Waals surface area (Å²) in [6.07, 6.45) is 1.01. The highest BCUT2D eigenvalue weighted by Gasteiger charge is 2.31. The van der Waals surface area contributed by atoms with Crippen LogP contribution in [0.5, 0.6) is 0 Å². The normalized spacial score (nSPS) is 11.8. The molecule has 166 valence electrons. The van der Waals surface area contributed by atoms with Crippen molar-refractivity contribution < 1.29 is 14.6 Å². The first-order chi connectivity index (χ1) is 14.2. The third kappa shape index (κ3) is 6.87. The molecule has 0 fully saturated rings. The van der Waals surface area contributed by atoms with Crippen LogP contribution in [0.1, 0.15) is 63.0 Å². The molecule has 2 aromatic carbocycles. The van der Waals surface area contributed by atoms with Gasteiger partial charge in [0.25, 0.3) is 17.3 Å². The summed E-state index contributed by atoms with van der Waals surface area (Å²) in [4.78, 5) is 34.6. The van der Waals surface area contributed by atoms with E-state index >= 15 is 0 Å². The molecule has 0 aliphatic carbocycles. The maximum absolute atomic E-state index is 12.7. The van der Waals surface area contributed by atoms with Gasteiger partial charge in [-0.2, -0.15) is 0 Å². The Kier molecular flexibility index (Phi) is 6.83. The Morgan fingerprint density at radius 1 is 0.839 bits per heavy atom. The number of benzene rings is 2. The zero-order valence-electron chi connectivity index (χ0n) is 18.8. The summed E-state index contributed by atoms with van der Waals surface area (Å²) in [6, 6.07) is 9.51. The van der Waals surface area contributed by atoms with Crippen molar-refractivity contribution in [3.05, 3.63) is 73.3 Å². The first kappa shape index (κ1) is 24.0. The van der Waals surface area contributed by atoms with Crippen LogP contribution in [0.2, 0.25) is 0 Å². The van der Waals surface area contributed by atoms with Crippen LogP contribution in [0.25, 0.3) is 0 Å². The monoisotopic (exact) mass is 427 g/mol. The summed E-state index contributed by atoms with van der Waals surface area (Å²) >= 11 is 0. The first-order valence-corrected chi connectivity index (χ1v) is 10.0. The maximum Gasteiger partial charge on any atom is 0.280 e. The zero-order valence-corrected chi connectivity index (χ0v) is 18.8. The Morgan fingerprint density at radius 2 is 1.29 bits per heavy atom. The highest BCUT2D eigenvalue weighted by atomic mass is 16.6. The summed E-state index contributed by atoms with van der Waals surface area (Å²) < 4.78 is 0. The van der Waals surface area contributed by atoms with E-state index in [1.165, 1.54) is 0 Å². The number of nitro groups is 2. The second-order valence-corrected chi connectivity index (χ2v) is 10.1. The van der Waals surface area contributed by atoms with E-state index in [0.717, 1.165) is 24.1 Å². The van der Waals surface area contributed by atoms with Gasteiger partial charge in [0.15, 0.2) is 0 Å². The lowest BCUT2D eigenvalue weighted by molar-refractivity contribution is -0.395. The van der Waals surface area contributed by atoms with Crippen molar-refractivity contribution in [2.75, 3.05) is 5.32 Å². The second-order valence-electron chi connectivity index (χ2n) is 10.1. The van der Waals surface area contributed by atoms with Gasteiger partial charge in [0.05, 0.1) is 15.4 Å². The van der Waals surface area contributed by atoms with Gasteiger partial charge in [-0.25, -0.2) is 0 Å². The third-order valence-electron chi connectivity index (χ3n) is 4.51. The molecule has 0 spiro atoms. The minimum Gasteiger partial charge on any atom is -0.322 e. The fourth-order valence-electron chi connectivity index (χ4n) is 3.33. The molecule has 0 saturated heterocycles. The van der Waals surface area contributed by atoms with E-state index in [0.29, 0.717) is 5.69 Å². The number of anilines is 1. The minimum absolute atomic E-state index is 0.0191. The number of hydrogen-bond donors (Lipinski definition) is 1. The van der Waals surface area contributed by atoms with Crippen molar-refractivity contribution in [3.63, 3.8) is 0 Å². The van der Waals surface area contributed by atoms with Gasteiger partial charge in [0.2, 0.25) is 0 Å².